The minimum absolute atomic E-state index is 0.0110. The molecule has 6 nitrogen and oxygen atoms in total. The lowest BCUT2D eigenvalue weighted by atomic mass is 10.1. The molecular weight excluding hydrogens is 392 g/mol. The van der Waals surface area contributed by atoms with E-state index in [2.05, 4.69) is 4.90 Å². The molecule has 0 spiro atoms. The third-order valence-electron chi connectivity index (χ3n) is 5.18. The SMILES string of the molecule is COc1ccc2oc(=O)cc(CN3CCN(C(=O)c4ccc(Cl)cc4)CC3)c2c1. The highest BCUT2D eigenvalue weighted by molar-refractivity contribution is 6.30. The summed E-state index contributed by atoms with van der Waals surface area (Å²) in [6.45, 7) is 3.32. The molecule has 0 radical (unpaired) electrons. The summed E-state index contributed by atoms with van der Waals surface area (Å²) in [6, 6.07) is 13.9. The van der Waals surface area contributed by atoms with E-state index in [1.807, 2.05) is 11.0 Å². The second kappa shape index (κ2) is 8.27. The zero-order valence-electron chi connectivity index (χ0n) is 16.1. The van der Waals surface area contributed by atoms with Crippen molar-refractivity contribution in [3.63, 3.8) is 0 Å². The number of amides is 1. The van der Waals surface area contributed by atoms with Crippen molar-refractivity contribution in [2.75, 3.05) is 33.3 Å². The van der Waals surface area contributed by atoms with Gasteiger partial charge in [0, 0.05) is 54.8 Å². The van der Waals surface area contributed by atoms with Crippen LogP contribution in [0.4, 0.5) is 0 Å². The van der Waals surface area contributed by atoms with Gasteiger partial charge in [-0.05, 0) is 48.0 Å². The lowest BCUT2D eigenvalue weighted by molar-refractivity contribution is 0.0629. The largest absolute Gasteiger partial charge is 0.497 e. The molecule has 150 valence electrons. The van der Waals surface area contributed by atoms with Crippen LogP contribution in [-0.4, -0.2) is 49.0 Å². The second-order valence-corrected chi connectivity index (χ2v) is 7.46. The van der Waals surface area contributed by atoms with Crippen LogP contribution in [0, 0.1) is 0 Å². The van der Waals surface area contributed by atoms with Gasteiger partial charge in [0.15, 0.2) is 0 Å². The zero-order valence-corrected chi connectivity index (χ0v) is 16.8. The first kappa shape index (κ1) is 19.5. The molecule has 29 heavy (non-hydrogen) atoms. The summed E-state index contributed by atoms with van der Waals surface area (Å²) in [5.41, 5.74) is 1.72. The van der Waals surface area contributed by atoms with Crippen molar-refractivity contribution in [2.45, 2.75) is 6.54 Å². The molecule has 0 atom stereocenters. The summed E-state index contributed by atoms with van der Waals surface area (Å²) in [6.07, 6.45) is 0. The fraction of sp³-hybridized carbons (Fsp3) is 0.273. The van der Waals surface area contributed by atoms with E-state index >= 15 is 0 Å². The standard InChI is InChI=1S/C22H21ClN2O4/c1-28-18-6-7-20-19(13-18)16(12-21(26)29-20)14-24-8-10-25(11-9-24)22(27)15-2-4-17(23)5-3-15/h2-7,12-13H,8-11,14H2,1H3. The van der Waals surface area contributed by atoms with Crippen molar-refractivity contribution in [1.82, 2.24) is 9.80 Å². The number of rotatable bonds is 4. The minimum atomic E-state index is -0.366. The topological polar surface area (TPSA) is 63.0 Å². The van der Waals surface area contributed by atoms with Crippen LogP contribution in [0.25, 0.3) is 11.0 Å². The zero-order chi connectivity index (χ0) is 20.4. The summed E-state index contributed by atoms with van der Waals surface area (Å²) in [4.78, 5) is 28.7. The third kappa shape index (κ3) is 4.28. The molecule has 3 aromatic rings. The lowest BCUT2D eigenvalue weighted by Gasteiger charge is -2.35. The number of carbonyl (C=O) groups excluding carboxylic acids is 1. The minimum Gasteiger partial charge on any atom is -0.497 e. The van der Waals surface area contributed by atoms with Crippen molar-refractivity contribution in [3.05, 3.63) is 75.1 Å². The predicted octanol–water partition coefficient (Wildman–Crippen LogP) is 3.41. The molecule has 2 heterocycles. The summed E-state index contributed by atoms with van der Waals surface area (Å²) in [5, 5.41) is 1.48. The van der Waals surface area contributed by atoms with Crippen LogP contribution in [0.1, 0.15) is 15.9 Å². The van der Waals surface area contributed by atoms with Gasteiger partial charge in [0.05, 0.1) is 7.11 Å². The van der Waals surface area contributed by atoms with E-state index in [0.717, 1.165) is 24.0 Å². The molecular formula is C22H21ClN2O4. The van der Waals surface area contributed by atoms with Gasteiger partial charge in [-0.3, -0.25) is 9.69 Å². The summed E-state index contributed by atoms with van der Waals surface area (Å²) in [5.74, 6) is 0.725. The summed E-state index contributed by atoms with van der Waals surface area (Å²) >= 11 is 5.90. The van der Waals surface area contributed by atoms with Crippen LogP contribution in [0.5, 0.6) is 5.75 Å². The molecule has 1 amide bonds. The van der Waals surface area contributed by atoms with Crippen molar-refractivity contribution >= 4 is 28.5 Å². The predicted molar refractivity (Wildman–Crippen MR) is 112 cm³/mol. The van der Waals surface area contributed by atoms with Gasteiger partial charge >= 0.3 is 5.63 Å². The smallest absolute Gasteiger partial charge is 0.336 e. The van der Waals surface area contributed by atoms with E-state index in [1.165, 1.54) is 6.07 Å². The molecule has 7 heteroatoms. The Hall–Kier alpha value is -2.83. The van der Waals surface area contributed by atoms with Crippen LogP contribution in [0.2, 0.25) is 5.02 Å². The number of halogens is 1. The van der Waals surface area contributed by atoms with Crippen molar-refractivity contribution in [2.24, 2.45) is 0 Å². The number of piperazine rings is 1. The number of ether oxygens (including phenoxy) is 1. The Bertz CT molecular complexity index is 1090. The Morgan fingerprint density at radius 1 is 1.07 bits per heavy atom. The fourth-order valence-electron chi connectivity index (χ4n) is 3.59. The average molecular weight is 413 g/mol. The van der Waals surface area contributed by atoms with Gasteiger partial charge in [-0.2, -0.15) is 0 Å². The first-order chi connectivity index (χ1) is 14.0. The molecule has 2 aromatic carbocycles. The number of carbonyl (C=O) groups is 1. The number of benzene rings is 2. The molecule has 0 aliphatic carbocycles. The van der Waals surface area contributed by atoms with Crippen LogP contribution < -0.4 is 10.4 Å². The van der Waals surface area contributed by atoms with E-state index in [-0.39, 0.29) is 11.5 Å². The van der Waals surface area contributed by atoms with E-state index < -0.39 is 0 Å². The Labute approximate surface area is 173 Å². The van der Waals surface area contributed by atoms with Gasteiger partial charge in [0.1, 0.15) is 11.3 Å². The molecule has 1 aromatic heterocycles. The molecule has 0 N–H and O–H groups in total. The van der Waals surface area contributed by atoms with Crippen LogP contribution in [0.3, 0.4) is 0 Å². The molecule has 0 bridgehead atoms. The number of hydrogen-bond donors (Lipinski definition) is 0. The van der Waals surface area contributed by atoms with Crippen molar-refractivity contribution < 1.29 is 13.9 Å². The molecule has 0 saturated carbocycles. The average Bonchev–Trinajstić information content (AvgIpc) is 2.74. The van der Waals surface area contributed by atoms with Gasteiger partial charge in [0.25, 0.3) is 5.91 Å². The first-order valence-corrected chi connectivity index (χ1v) is 9.79. The Balaban J connectivity index is 1.46. The van der Waals surface area contributed by atoms with Gasteiger partial charge in [-0.1, -0.05) is 11.6 Å². The van der Waals surface area contributed by atoms with E-state index in [4.69, 9.17) is 20.8 Å². The first-order valence-electron chi connectivity index (χ1n) is 9.41. The molecule has 1 aliphatic rings. The highest BCUT2D eigenvalue weighted by Gasteiger charge is 2.23. The van der Waals surface area contributed by atoms with Gasteiger partial charge in [-0.25, -0.2) is 4.79 Å². The monoisotopic (exact) mass is 412 g/mol. The van der Waals surface area contributed by atoms with Crippen LogP contribution in [0.15, 0.2) is 57.7 Å². The van der Waals surface area contributed by atoms with Crippen molar-refractivity contribution in [1.29, 1.82) is 0 Å². The van der Waals surface area contributed by atoms with Gasteiger partial charge in [0.2, 0.25) is 0 Å². The Morgan fingerprint density at radius 2 is 1.79 bits per heavy atom. The molecule has 1 fully saturated rings. The number of methoxy groups -OCH3 is 1. The maximum atomic E-state index is 12.7. The Kier molecular flexibility index (Phi) is 5.56. The Morgan fingerprint density at radius 3 is 2.48 bits per heavy atom. The lowest BCUT2D eigenvalue weighted by Crippen LogP contribution is -2.48. The van der Waals surface area contributed by atoms with E-state index in [9.17, 15) is 9.59 Å². The quantitative estimate of drug-likeness (QED) is 0.614. The number of nitrogens with zero attached hydrogens (tertiary/aromatic N) is 2. The second-order valence-electron chi connectivity index (χ2n) is 7.03. The van der Waals surface area contributed by atoms with Gasteiger partial charge in [-0.15, -0.1) is 0 Å². The highest BCUT2D eigenvalue weighted by Crippen LogP contribution is 2.24. The summed E-state index contributed by atoms with van der Waals surface area (Å²) < 4.78 is 10.6. The normalized spacial score (nSPS) is 14.9. The van der Waals surface area contributed by atoms with Crippen molar-refractivity contribution in [3.8, 4) is 5.75 Å². The van der Waals surface area contributed by atoms with Gasteiger partial charge < -0.3 is 14.1 Å². The van der Waals surface area contributed by atoms with E-state index in [1.54, 1.807) is 43.5 Å². The van der Waals surface area contributed by atoms with E-state index in [0.29, 0.717) is 41.6 Å². The van der Waals surface area contributed by atoms with Crippen LogP contribution >= 0.6 is 11.6 Å². The molecule has 1 saturated heterocycles. The van der Waals surface area contributed by atoms with Crippen LogP contribution in [-0.2, 0) is 6.54 Å². The third-order valence-corrected chi connectivity index (χ3v) is 5.43. The molecule has 0 unspecified atom stereocenters. The number of hydrogen-bond acceptors (Lipinski definition) is 5. The molecule has 4 rings (SSSR count). The maximum absolute atomic E-state index is 12.7. The summed E-state index contributed by atoms with van der Waals surface area (Å²) in [7, 11) is 1.61. The molecule has 1 aliphatic heterocycles. The highest BCUT2D eigenvalue weighted by atomic mass is 35.5. The number of fused-ring (bicyclic) bond motifs is 1. The maximum Gasteiger partial charge on any atom is 0.336 e. The fourth-order valence-corrected chi connectivity index (χ4v) is 3.72.